The van der Waals surface area contributed by atoms with Gasteiger partial charge in [-0.1, -0.05) is 12.1 Å². The van der Waals surface area contributed by atoms with Crippen LogP contribution in [-0.4, -0.2) is 25.8 Å². The monoisotopic (exact) mass is 223 g/mol. The topological polar surface area (TPSA) is 61.5 Å². The molecule has 0 aliphatic rings. The van der Waals surface area contributed by atoms with Crippen molar-refractivity contribution in [2.24, 2.45) is 0 Å². The van der Waals surface area contributed by atoms with Crippen molar-refractivity contribution in [2.45, 2.75) is 19.4 Å². The third-order valence-corrected chi connectivity index (χ3v) is 2.03. The molecule has 88 valence electrons. The Hall–Kier alpha value is -1.55. The quantitative estimate of drug-likeness (QED) is 0.605. The van der Waals surface area contributed by atoms with Crippen LogP contribution in [0.4, 0.5) is 5.69 Å². The average Bonchev–Trinajstić information content (AvgIpc) is 2.17. The Morgan fingerprint density at radius 3 is 2.88 bits per heavy atom. The molecule has 0 saturated carbocycles. The molecule has 4 nitrogen and oxygen atoms in total. The van der Waals surface area contributed by atoms with Gasteiger partial charge >= 0.3 is 5.97 Å². The second-order valence-corrected chi connectivity index (χ2v) is 3.68. The molecule has 1 aromatic rings. The number of nitrogen functional groups attached to an aromatic ring is 1. The maximum absolute atomic E-state index is 11.5. The fraction of sp³-hybridized carbons (Fsp3) is 0.417. The lowest BCUT2D eigenvalue weighted by molar-refractivity contribution is -0.149. The molecule has 0 spiro atoms. The van der Waals surface area contributed by atoms with Crippen LogP contribution >= 0.6 is 0 Å². The summed E-state index contributed by atoms with van der Waals surface area (Å²) in [6.07, 6.45) is 0.0117. The summed E-state index contributed by atoms with van der Waals surface area (Å²) >= 11 is 0. The Morgan fingerprint density at radius 2 is 2.25 bits per heavy atom. The van der Waals surface area contributed by atoms with E-state index in [-0.39, 0.29) is 18.5 Å². The van der Waals surface area contributed by atoms with E-state index in [4.69, 9.17) is 15.2 Å². The van der Waals surface area contributed by atoms with Gasteiger partial charge in [0.05, 0.1) is 13.0 Å². The van der Waals surface area contributed by atoms with E-state index in [1.54, 1.807) is 26.2 Å². The largest absolute Gasteiger partial charge is 0.460 e. The highest BCUT2D eigenvalue weighted by molar-refractivity contribution is 5.73. The number of benzene rings is 1. The Bertz CT molecular complexity index is 352. The molecule has 4 heteroatoms. The lowest BCUT2D eigenvalue weighted by atomic mass is 10.1. The maximum atomic E-state index is 11.5. The summed E-state index contributed by atoms with van der Waals surface area (Å²) in [6.45, 7) is 2.20. The second kappa shape index (κ2) is 6.12. The number of hydrogen-bond donors (Lipinski definition) is 1. The van der Waals surface area contributed by atoms with Crippen molar-refractivity contribution in [1.29, 1.82) is 0 Å². The van der Waals surface area contributed by atoms with Gasteiger partial charge in [0, 0.05) is 12.8 Å². The van der Waals surface area contributed by atoms with Crippen molar-refractivity contribution < 1.29 is 14.3 Å². The van der Waals surface area contributed by atoms with Gasteiger partial charge < -0.3 is 15.2 Å². The summed E-state index contributed by atoms with van der Waals surface area (Å²) in [5, 5.41) is 0. The Labute approximate surface area is 95.3 Å². The highest BCUT2D eigenvalue weighted by atomic mass is 16.6. The number of ether oxygens (including phenoxy) is 2. The lowest BCUT2D eigenvalue weighted by Crippen LogP contribution is -2.20. The van der Waals surface area contributed by atoms with Crippen molar-refractivity contribution in [3.63, 3.8) is 0 Å². The number of rotatable bonds is 5. The molecule has 0 bridgehead atoms. The summed E-state index contributed by atoms with van der Waals surface area (Å²) in [6, 6.07) is 7.21. The van der Waals surface area contributed by atoms with Crippen LogP contribution in [0, 0.1) is 0 Å². The van der Waals surface area contributed by atoms with Gasteiger partial charge in [0.1, 0.15) is 6.10 Å². The Morgan fingerprint density at radius 1 is 1.50 bits per heavy atom. The van der Waals surface area contributed by atoms with E-state index in [2.05, 4.69) is 0 Å². The van der Waals surface area contributed by atoms with Crippen molar-refractivity contribution in [3.05, 3.63) is 29.8 Å². The van der Waals surface area contributed by atoms with Crippen LogP contribution in [0.15, 0.2) is 24.3 Å². The smallest absolute Gasteiger partial charge is 0.310 e. The Balaban J connectivity index is 2.45. The molecule has 0 fully saturated rings. The first-order valence-corrected chi connectivity index (χ1v) is 5.14. The minimum absolute atomic E-state index is 0.224. The predicted octanol–water partition coefficient (Wildman–Crippen LogP) is 1.39. The fourth-order valence-electron chi connectivity index (χ4n) is 1.40. The molecule has 0 aromatic heterocycles. The molecular formula is C12H17NO3. The van der Waals surface area contributed by atoms with Crippen LogP contribution in [-0.2, 0) is 20.7 Å². The number of nitrogens with two attached hydrogens (primary N) is 1. The second-order valence-electron chi connectivity index (χ2n) is 3.68. The molecule has 0 amide bonds. The summed E-state index contributed by atoms with van der Waals surface area (Å²) in [7, 11) is 1.57. The fourth-order valence-corrected chi connectivity index (χ4v) is 1.40. The number of methoxy groups -OCH3 is 1. The summed E-state index contributed by atoms with van der Waals surface area (Å²) in [4.78, 5) is 11.5. The minimum Gasteiger partial charge on any atom is -0.460 e. The molecule has 0 aliphatic carbocycles. The number of carbonyl (C=O) groups is 1. The number of anilines is 1. The number of hydrogen-bond acceptors (Lipinski definition) is 4. The molecule has 0 unspecified atom stereocenters. The van der Waals surface area contributed by atoms with Gasteiger partial charge in [-0.05, 0) is 24.6 Å². The SMILES string of the molecule is COC[C@@H](C)OC(=O)Cc1cccc(N)c1. The van der Waals surface area contributed by atoms with Gasteiger partial charge in [-0.3, -0.25) is 4.79 Å². The molecule has 0 radical (unpaired) electrons. The summed E-state index contributed by atoms with van der Waals surface area (Å²) in [5.74, 6) is -0.268. The van der Waals surface area contributed by atoms with E-state index in [1.807, 2.05) is 12.1 Å². The molecule has 2 N–H and O–H groups in total. The van der Waals surface area contributed by atoms with Gasteiger partial charge in [-0.25, -0.2) is 0 Å². The molecule has 0 heterocycles. The predicted molar refractivity (Wildman–Crippen MR) is 62.0 cm³/mol. The zero-order valence-corrected chi connectivity index (χ0v) is 9.60. The standard InChI is InChI=1S/C12H17NO3/c1-9(8-15-2)16-12(14)7-10-4-3-5-11(13)6-10/h3-6,9H,7-8,13H2,1-2H3/t9-/m1/s1. The van der Waals surface area contributed by atoms with Crippen molar-refractivity contribution >= 4 is 11.7 Å². The number of esters is 1. The summed E-state index contributed by atoms with van der Waals surface area (Å²) in [5.41, 5.74) is 7.12. The number of carbonyl (C=O) groups excluding carboxylic acids is 1. The third kappa shape index (κ3) is 4.31. The van der Waals surface area contributed by atoms with Gasteiger partial charge in [-0.15, -0.1) is 0 Å². The van der Waals surface area contributed by atoms with Crippen LogP contribution in [0.5, 0.6) is 0 Å². The summed E-state index contributed by atoms with van der Waals surface area (Å²) < 4.78 is 10.0. The first-order chi connectivity index (χ1) is 7.61. The van der Waals surface area contributed by atoms with Crippen molar-refractivity contribution in [3.8, 4) is 0 Å². The van der Waals surface area contributed by atoms with Crippen molar-refractivity contribution in [2.75, 3.05) is 19.5 Å². The minimum atomic E-state index is -0.268. The van der Waals surface area contributed by atoms with E-state index in [0.29, 0.717) is 12.3 Å². The van der Waals surface area contributed by atoms with E-state index < -0.39 is 0 Å². The van der Waals surface area contributed by atoms with Crippen LogP contribution in [0.3, 0.4) is 0 Å². The van der Waals surface area contributed by atoms with Crippen LogP contribution in [0.25, 0.3) is 0 Å². The molecule has 0 aliphatic heterocycles. The molecule has 1 aromatic carbocycles. The molecule has 1 rings (SSSR count). The van der Waals surface area contributed by atoms with Gasteiger partial charge in [-0.2, -0.15) is 0 Å². The average molecular weight is 223 g/mol. The van der Waals surface area contributed by atoms with Crippen LogP contribution in [0.2, 0.25) is 0 Å². The zero-order chi connectivity index (χ0) is 12.0. The van der Waals surface area contributed by atoms with Gasteiger partial charge in [0.2, 0.25) is 0 Å². The maximum Gasteiger partial charge on any atom is 0.310 e. The first kappa shape index (κ1) is 12.5. The van der Waals surface area contributed by atoms with E-state index in [0.717, 1.165) is 5.56 Å². The van der Waals surface area contributed by atoms with E-state index in [9.17, 15) is 4.79 Å². The molecule has 0 saturated heterocycles. The molecule has 16 heavy (non-hydrogen) atoms. The van der Waals surface area contributed by atoms with Crippen LogP contribution < -0.4 is 5.73 Å². The molecular weight excluding hydrogens is 206 g/mol. The van der Waals surface area contributed by atoms with E-state index in [1.165, 1.54) is 0 Å². The first-order valence-electron chi connectivity index (χ1n) is 5.14. The highest BCUT2D eigenvalue weighted by Crippen LogP contribution is 2.08. The normalized spacial score (nSPS) is 12.1. The Kier molecular flexibility index (Phi) is 4.79. The highest BCUT2D eigenvalue weighted by Gasteiger charge is 2.09. The lowest BCUT2D eigenvalue weighted by Gasteiger charge is -2.12. The third-order valence-electron chi connectivity index (χ3n) is 2.03. The molecule has 1 atom stereocenters. The van der Waals surface area contributed by atoms with E-state index >= 15 is 0 Å². The van der Waals surface area contributed by atoms with Gasteiger partial charge in [0.25, 0.3) is 0 Å². The van der Waals surface area contributed by atoms with Crippen molar-refractivity contribution in [1.82, 2.24) is 0 Å². The van der Waals surface area contributed by atoms with Crippen LogP contribution in [0.1, 0.15) is 12.5 Å². The zero-order valence-electron chi connectivity index (χ0n) is 9.60. The van der Waals surface area contributed by atoms with Gasteiger partial charge in [0.15, 0.2) is 0 Å².